The maximum absolute atomic E-state index is 11.1. The number of esters is 2. The number of hydrogen-bond acceptors (Lipinski definition) is 5. The van der Waals surface area contributed by atoms with Crippen LogP contribution in [0, 0.1) is 0 Å². The Balaban J connectivity index is 4.37. The van der Waals surface area contributed by atoms with Crippen LogP contribution in [0.3, 0.4) is 0 Å². The Kier molecular flexibility index (Phi) is 7.83. The van der Waals surface area contributed by atoms with Crippen LogP contribution in [0.15, 0.2) is 0 Å². The van der Waals surface area contributed by atoms with Gasteiger partial charge in [-0.3, -0.25) is 9.59 Å². The van der Waals surface area contributed by atoms with Crippen molar-refractivity contribution in [3.05, 3.63) is 0 Å². The van der Waals surface area contributed by atoms with Crippen molar-refractivity contribution in [3.8, 4) is 0 Å². The summed E-state index contributed by atoms with van der Waals surface area (Å²) in [6, 6.07) is 0.522. The smallest absolute Gasteiger partial charge is 0.305 e. The molecule has 0 heterocycles. The third kappa shape index (κ3) is 5.27. The monoisotopic (exact) mass is 247 g/mol. The normalized spacial score (nSPS) is 14.0. The number of hydrogen-bond donors (Lipinski definition) is 1. The number of rotatable bonds is 7. The number of aliphatic hydroxyl groups excluding tert-OH is 1. The average Bonchev–Trinajstić information content (AvgIpc) is 2.32. The molecule has 0 saturated heterocycles. The molecule has 0 bridgehead atoms. The molecule has 0 aliphatic heterocycles. The Morgan fingerprint density at radius 3 is 1.88 bits per heavy atom. The molecular weight excluding hydrogens is 228 g/mol. The minimum atomic E-state index is -0.763. The van der Waals surface area contributed by atoms with E-state index in [1.165, 1.54) is 0 Å². The third-order valence-electron chi connectivity index (χ3n) is 2.02. The summed E-state index contributed by atoms with van der Waals surface area (Å²) in [6.45, 7) is 3.01. The fraction of sp³-hybridized carbons (Fsp3) is 0.800. The van der Waals surface area contributed by atoms with E-state index in [2.05, 4.69) is 0 Å². The van der Waals surface area contributed by atoms with Crippen molar-refractivity contribution in [1.29, 1.82) is 0 Å². The molecule has 6 heteroatoms. The van der Waals surface area contributed by atoms with Crippen LogP contribution in [0.4, 0.5) is 0 Å². The molecule has 2 atom stereocenters. The van der Waals surface area contributed by atoms with Gasteiger partial charge in [-0.15, -0.1) is 0 Å². The molecule has 0 rings (SSSR count). The van der Waals surface area contributed by atoms with Gasteiger partial charge >= 0.3 is 11.9 Å². The summed E-state index contributed by atoms with van der Waals surface area (Å²) < 4.78 is 10.1. The number of aliphatic hydroxyl groups is 1. The highest BCUT2D eigenvalue weighted by molar-refractivity contribution is 6.09. The van der Waals surface area contributed by atoms with Gasteiger partial charge in [0.25, 0.3) is 0 Å². The summed E-state index contributed by atoms with van der Waals surface area (Å²) in [5.74, 6) is -0.768. The first-order valence-corrected chi connectivity index (χ1v) is 6.38. The van der Waals surface area contributed by atoms with E-state index in [9.17, 15) is 9.59 Å². The van der Waals surface area contributed by atoms with Crippen LogP contribution in [0.5, 0.6) is 0 Å². The lowest BCUT2D eigenvalue weighted by Crippen LogP contribution is -2.37. The van der Waals surface area contributed by atoms with E-state index in [-0.39, 0.29) is 25.4 Å². The van der Waals surface area contributed by atoms with Crippen LogP contribution in [-0.2, 0) is 19.1 Å². The molecular formula is C10H19O5Si. The van der Waals surface area contributed by atoms with Gasteiger partial charge in [0, 0.05) is 23.1 Å². The summed E-state index contributed by atoms with van der Waals surface area (Å²) in [7, 11) is 1.60. The van der Waals surface area contributed by atoms with Crippen LogP contribution < -0.4 is 0 Å². The Bertz CT molecular complexity index is 207. The maximum Gasteiger partial charge on any atom is 0.305 e. The van der Waals surface area contributed by atoms with E-state index in [1.807, 2.05) is 0 Å². The van der Waals surface area contributed by atoms with Crippen molar-refractivity contribution in [2.24, 2.45) is 0 Å². The topological polar surface area (TPSA) is 72.8 Å². The Hall–Kier alpha value is -0.883. The zero-order valence-electron chi connectivity index (χ0n) is 9.77. The van der Waals surface area contributed by atoms with E-state index in [0.29, 0.717) is 6.04 Å². The van der Waals surface area contributed by atoms with Crippen LogP contribution in [-0.4, -0.2) is 46.1 Å². The first-order chi connectivity index (χ1) is 7.58. The Morgan fingerprint density at radius 1 is 1.12 bits per heavy atom. The summed E-state index contributed by atoms with van der Waals surface area (Å²) in [4.78, 5) is 22.2. The first-order valence-electron chi connectivity index (χ1n) is 5.38. The van der Waals surface area contributed by atoms with Crippen molar-refractivity contribution >= 4 is 22.2 Å². The highest BCUT2D eigenvalue weighted by Gasteiger charge is 2.25. The van der Waals surface area contributed by atoms with Crippen molar-refractivity contribution in [2.45, 2.75) is 44.9 Å². The number of carbonyl (C=O) groups excluding carboxylic acids is 2. The van der Waals surface area contributed by atoms with Crippen LogP contribution in [0.25, 0.3) is 0 Å². The summed E-state index contributed by atoms with van der Waals surface area (Å²) in [5, 5.41) is 9.09. The molecule has 16 heavy (non-hydrogen) atoms. The molecule has 0 aliphatic carbocycles. The van der Waals surface area contributed by atoms with Gasteiger partial charge < -0.3 is 14.6 Å². The van der Waals surface area contributed by atoms with E-state index >= 15 is 0 Å². The van der Waals surface area contributed by atoms with Crippen LogP contribution >= 0.6 is 0 Å². The van der Waals surface area contributed by atoms with Gasteiger partial charge in [0.05, 0.1) is 6.61 Å². The zero-order valence-corrected chi connectivity index (χ0v) is 11.2. The lowest BCUT2D eigenvalue weighted by Gasteiger charge is -2.24. The van der Waals surface area contributed by atoms with Crippen LogP contribution in [0.1, 0.15) is 26.7 Å². The molecule has 0 spiro atoms. The second kappa shape index (κ2) is 8.29. The number of ether oxygens (including phenoxy) is 2. The standard InChI is InChI=1S/C10H19O5Si/c1-3-9(12)14-7(5-11)8(6-16)15-10(13)4-2/h7-8,11H,3-6,16H2,1-2H3. The second-order valence-electron chi connectivity index (χ2n) is 3.23. The fourth-order valence-corrected chi connectivity index (χ4v) is 1.55. The summed E-state index contributed by atoms with van der Waals surface area (Å²) >= 11 is 0. The van der Waals surface area contributed by atoms with E-state index in [0.717, 1.165) is 0 Å². The Labute approximate surface area is 98.5 Å². The van der Waals surface area contributed by atoms with E-state index < -0.39 is 18.2 Å². The van der Waals surface area contributed by atoms with Gasteiger partial charge in [0.2, 0.25) is 0 Å². The molecule has 5 nitrogen and oxygen atoms in total. The molecule has 1 N–H and O–H groups in total. The molecule has 0 aromatic heterocycles. The van der Waals surface area contributed by atoms with Gasteiger partial charge in [-0.2, -0.15) is 0 Å². The lowest BCUT2D eigenvalue weighted by molar-refractivity contribution is -0.169. The summed E-state index contributed by atoms with van der Waals surface area (Å²) in [6.07, 6.45) is -0.831. The second-order valence-corrected chi connectivity index (χ2v) is 3.81. The fourth-order valence-electron chi connectivity index (χ4n) is 1.06. The molecule has 93 valence electrons. The molecule has 0 aromatic rings. The first kappa shape index (κ1) is 15.1. The number of carbonyl (C=O) groups is 2. The lowest BCUT2D eigenvalue weighted by atomic mass is 10.2. The van der Waals surface area contributed by atoms with Gasteiger partial charge in [-0.05, 0) is 6.04 Å². The van der Waals surface area contributed by atoms with Crippen molar-refractivity contribution in [3.63, 3.8) is 0 Å². The average molecular weight is 247 g/mol. The third-order valence-corrected chi connectivity index (χ3v) is 2.59. The zero-order chi connectivity index (χ0) is 12.6. The van der Waals surface area contributed by atoms with Crippen LogP contribution in [0.2, 0.25) is 6.04 Å². The molecule has 0 aromatic carbocycles. The summed E-state index contributed by atoms with van der Waals surface area (Å²) in [5.41, 5.74) is 0. The molecule has 1 radical (unpaired) electrons. The Morgan fingerprint density at radius 2 is 1.56 bits per heavy atom. The van der Waals surface area contributed by atoms with Crippen molar-refractivity contribution < 1.29 is 24.2 Å². The van der Waals surface area contributed by atoms with E-state index in [1.54, 1.807) is 24.1 Å². The molecule has 2 unspecified atom stereocenters. The minimum absolute atomic E-state index is 0.233. The molecule has 0 amide bonds. The molecule has 0 saturated carbocycles. The van der Waals surface area contributed by atoms with Gasteiger partial charge in [-0.25, -0.2) is 0 Å². The predicted octanol–water partition coefficient (Wildman–Crippen LogP) is -0.326. The highest BCUT2D eigenvalue weighted by atomic mass is 28.1. The minimum Gasteiger partial charge on any atom is -0.459 e. The van der Waals surface area contributed by atoms with Gasteiger partial charge in [0.15, 0.2) is 6.10 Å². The van der Waals surface area contributed by atoms with Crippen molar-refractivity contribution in [1.82, 2.24) is 0 Å². The van der Waals surface area contributed by atoms with Gasteiger partial charge in [0.1, 0.15) is 6.10 Å². The predicted molar refractivity (Wildman–Crippen MR) is 60.8 cm³/mol. The molecule has 0 fully saturated rings. The quantitative estimate of drug-likeness (QED) is 0.493. The maximum atomic E-state index is 11.1. The SMILES string of the molecule is CCC(=O)OC(CO)C(C[SiH2])OC(=O)CC. The highest BCUT2D eigenvalue weighted by Crippen LogP contribution is 2.10. The molecule has 0 aliphatic rings. The van der Waals surface area contributed by atoms with E-state index in [4.69, 9.17) is 14.6 Å². The largest absolute Gasteiger partial charge is 0.459 e. The van der Waals surface area contributed by atoms with Crippen molar-refractivity contribution in [2.75, 3.05) is 6.61 Å². The van der Waals surface area contributed by atoms with Gasteiger partial charge in [-0.1, -0.05) is 13.8 Å².